The van der Waals surface area contributed by atoms with Crippen LogP contribution in [-0.4, -0.2) is 12.6 Å². The summed E-state index contributed by atoms with van der Waals surface area (Å²) in [6.07, 6.45) is 1.22. The highest BCUT2D eigenvalue weighted by Gasteiger charge is 1.90. The van der Waals surface area contributed by atoms with Gasteiger partial charge in [-0.1, -0.05) is 0 Å². The second-order valence-corrected chi connectivity index (χ2v) is 1.95. The van der Waals surface area contributed by atoms with Crippen molar-refractivity contribution in [1.29, 1.82) is 5.26 Å². The Morgan fingerprint density at radius 3 is 3.10 bits per heavy atom. The third kappa shape index (κ3) is 5.19. The summed E-state index contributed by atoms with van der Waals surface area (Å²) in [6.45, 7) is 2.09. The molecule has 0 aliphatic rings. The molecule has 0 fully saturated rings. The number of carbonyl (C=O) groups excluding carboxylic acids is 1. The quantitative estimate of drug-likeness (QED) is 0.352. The summed E-state index contributed by atoms with van der Waals surface area (Å²) in [5.41, 5.74) is 0. The molecule has 0 amide bonds. The first-order valence-electron chi connectivity index (χ1n) is 2.69. The molecule has 0 aliphatic carbocycles. The second kappa shape index (κ2) is 6.17. The predicted octanol–water partition coefficient (Wildman–Crippen LogP) is 1.28. The molecule has 0 saturated carbocycles. The normalized spacial score (nSPS) is 9.20. The maximum absolute atomic E-state index is 10.5. The molecule has 0 N–H and O–H groups in total. The summed E-state index contributed by atoms with van der Waals surface area (Å²) < 4.78 is 4.54. The third-order valence-electron chi connectivity index (χ3n) is 0.611. The van der Waals surface area contributed by atoms with Gasteiger partial charge in [-0.3, -0.25) is 0 Å². The molecule has 0 aromatic rings. The van der Waals surface area contributed by atoms with Crippen molar-refractivity contribution in [2.24, 2.45) is 0 Å². The molecule has 0 aromatic carbocycles. The molecule has 54 valence electrons. The van der Waals surface area contributed by atoms with E-state index in [0.29, 0.717) is 6.61 Å². The van der Waals surface area contributed by atoms with Gasteiger partial charge in [-0.2, -0.15) is 5.26 Å². The van der Waals surface area contributed by atoms with Crippen molar-refractivity contribution < 1.29 is 9.53 Å². The van der Waals surface area contributed by atoms with Crippen molar-refractivity contribution in [1.82, 2.24) is 0 Å². The first-order valence-corrected chi connectivity index (χ1v) is 3.57. The van der Waals surface area contributed by atoms with Gasteiger partial charge >= 0.3 is 5.97 Å². The minimum Gasteiger partial charge on any atom is -0.463 e. The zero-order chi connectivity index (χ0) is 7.82. The number of hydrogen-bond donors (Lipinski definition) is 0. The average Bonchev–Trinajstić information content (AvgIpc) is 1.89. The Kier molecular flexibility index (Phi) is 5.59. The van der Waals surface area contributed by atoms with E-state index in [2.05, 4.69) is 4.74 Å². The van der Waals surface area contributed by atoms with Crippen molar-refractivity contribution in [2.75, 3.05) is 6.61 Å². The molecule has 0 aromatic heterocycles. The van der Waals surface area contributed by atoms with Crippen molar-refractivity contribution in [2.45, 2.75) is 6.92 Å². The van der Waals surface area contributed by atoms with Crippen LogP contribution in [0.1, 0.15) is 6.92 Å². The molecule has 0 spiro atoms. The average molecular weight is 157 g/mol. The Balaban J connectivity index is 3.48. The van der Waals surface area contributed by atoms with Gasteiger partial charge in [0.1, 0.15) is 5.40 Å². The number of rotatable bonds is 3. The van der Waals surface area contributed by atoms with Crippen molar-refractivity contribution >= 4 is 17.7 Å². The van der Waals surface area contributed by atoms with Crippen molar-refractivity contribution in [3.8, 4) is 5.40 Å². The van der Waals surface area contributed by atoms with Crippen LogP contribution in [0.2, 0.25) is 0 Å². The summed E-state index contributed by atoms with van der Waals surface area (Å²) in [5, 5.41) is 11.2. The highest BCUT2D eigenvalue weighted by Crippen LogP contribution is 1.97. The highest BCUT2D eigenvalue weighted by atomic mass is 32.2. The standard InChI is InChI=1S/C6H7NO2S/c1-2-9-6(8)3-4-10-5-7/h3-4H,2H2,1H3/b4-3-. The van der Waals surface area contributed by atoms with E-state index in [0.717, 1.165) is 11.8 Å². The Hall–Kier alpha value is -0.950. The van der Waals surface area contributed by atoms with Crippen molar-refractivity contribution in [3.05, 3.63) is 11.5 Å². The topological polar surface area (TPSA) is 50.1 Å². The van der Waals surface area contributed by atoms with Gasteiger partial charge in [-0.15, -0.1) is 0 Å². The van der Waals surface area contributed by atoms with Crippen LogP contribution in [0.3, 0.4) is 0 Å². The Bertz CT molecular complexity index is 171. The first kappa shape index (κ1) is 9.05. The summed E-state index contributed by atoms with van der Waals surface area (Å²) in [6, 6.07) is 0. The molecule has 0 radical (unpaired) electrons. The zero-order valence-electron chi connectivity index (χ0n) is 5.53. The Morgan fingerprint density at radius 1 is 1.90 bits per heavy atom. The van der Waals surface area contributed by atoms with E-state index >= 15 is 0 Å². The van der Waals surface area contributed by atoms with Crippen LogP contribution < -0.4 is 0 Å². The van der Waals surface area contributed by atoms with E-state index in [1.807, 2.05) is 0 Å². The lowest BCUT2D eigenvalue weighted by atomic mass is 10.6. The van der Waals surface area contributed by atoms with E-state index in [1.54, 1.807) is 12.3 Å². The molecule has 0 bridgehead atoms. The minimum atomic E-state index is -0.412. The number of carbonyl (C=O) groups is 1. The van der Waals surface area contributed by atoms with Crippen LogP contribution in [-0.2, 0) is 9.53 Å². The molecule has 0 aliphatic heterocycles. The molecule has 0 saturated heterocycles. The Morgan fingerprint density at radius 2 is 2.60 bits per heavy atom. The fourth-order valence-electron chi connectivity index (χ4n) is 0.310. The molecule has 4 heteroatoms. The first-order chi connectivity index (χ1) is 4.81. The van der Waals surface area contributed by atoms with E-state index < -0.39 is 5.97 Å². The third-order valence-corrected chi connectivity index (χ3v) is 0.989. The van der Waals surface area contributed by atoms with E-state index in [-0.39, 0.29) is 0 Å². The maximum atomic E-state index is 10.5. The van der Waals surface area contributed by atoms with Crippen LogP contribution in [0.5, 0.6) is 0 Å². The molecule has 0 heterocycles. The van der Waals surface area contributed by atoms with Gasteiger partial charge < -0.3 is 4.74 Å². The van der Waals surface area contributed by atoms with Gasteiger partial charge in [0.05, 0.1) is 6.61 Å². The fraction of sp³-hybridized carbons (Fsp3) is 0.333. The van der Waals surface area contributed by atoms with Gasteiger partial charge in [0, 0.05) is 6.08 Å². The summed E-state index contributed by atoms with van der Waals surface area (Å²) in [4.78, 5) is 10.5. The fourth-order valence-corrected chi connectivity index (χ4v) is 0.550. The number of hydrogen-bond acceptors (Lipinski definition) is 4. The van der Waals surface area contributed by atoms with Crippen LogP contribution >= 0.6 is 11.8 Å². The van der Waals surface area contributed by atoms with Crippen molar-refractivity contribution in [3.63, 3.8) is 0 Å². The van der Waals surface area contributed by atoms with Crippen LogP contribution in [0, 0.1) is 10.7 Å². The van der Waals surface area contributed by atoms with E-state index in [1.165, 1.54) is 11.5 Å². The number of ether oxygens (including phenoxy) is 1. The predicted molar refractivity (Wildman–Crippen MR) is 39.0 cm³/mol. The van der Waals surface area contributed by atoms with E-state index in [4.69, 9.17) is 5.26 Å². The molecule has 3 nitrogen and oxygen atoms in total. The highest BCUT2D eigenvalue weighted by molar-refractivity contribution is 8.06. The smallest absolute Gasteiger partial charge is 0.331 e. The van der Waals surface area contributed by atoms with Gasteiger partial charge in [0.25, 0.3) is 0 Å². The number of nitriles is 1. The lowest BCUT2D eigenvalue weighted by Crippen LogP contribution is -1.98. The minimum absolute atomic E-state index is 0.362. The summed E-state index contributed by atoms with van der Waals surface area (Å²) >= 11 is 0.886. The monoisotopic (exact) mass is 157 g/mol. The molecular weight excluding hydrogens is 150 g/mol. The molecule has 10 heavy (non-hydrogen) atoms. The zero-order valence-corrected chi connectivity index (χ0v) is 6.35. The van der Waals surface area contributed by atoms with Crippen LogP contribution in [0.25, 0.3) is 0 Å². The molecule has 0 unspecified atom stereocenters. The second-order valence-electron chi connectivity index (χ2n) is 1.26. The molecular formula is C6H7NO2S. The van der Waals surface area contributed by atoms with Gasteiger partial charge in [-0.05, 0) is 24.1 Å². The molecule has 0 rings (SSSR count). The number of thiocyanates is 1. The Labute approximate surface area is 63.7 Å². The summed E-state index contributed by atoms with van der Waals surface area (Å²) in [7, 11) is 0. The number of esters is 1. The number of nitrogens with zero attached hydrogens (tertiary/aromatic N) is 1. The lowest BCUT2D eigenvalue weighted by Gasteiger charge is -1.92. The van der Waals surface area contributed by atoms with E-state index in [9.17, 15) is 4.79 Å². The maximum Gasteiger partial charge on any atom is 0.331 e. The van der Waals surface area contributed by atoms with Crippen LogP contribution in [0.4, 0.5) is 0 Å². The largest absolute Gasteiger partial charge is 0.463 e. The van der Waals surface area contributed by atoms with Gasteiger partial charge in [-0.25, -0.2) is 4.79 Å². The SMILES string of the molecule is CCOC(=O)/C=C\SC#N. The lowest BCUT2D eigenvalue weighted by molar-refractivity contribution is -0.137. The molecule has 0 atom stereocenters. The summed E-state index contributed by atoms with van der Waals surface area (Å²) in [5.74, 6) is -0.412. The van der Waals surface area contributed by atoms with Crippen LogP contribution in [0.15, 0.2) is 11.5 Å². The van der Waals surface area contributed by atoms with Gasteiger partial charge in [0.15, 0.2) is 0 Å². The number of thioether (sulfide) groups is 1. The van der Waals surface area contributed by atoms with Gasteiger partial charge in [0.2, 0.25) is 0 Å².